The second-order valence-electron chi connectivity index (χ2n) is 3.80. The summed E-state index contributed by atoms with van der Waals surface area (Å²) in [5.74, 6) is 0.590. The summed E-state index contributed by atoms with van der Waals surface area (Å²) >= 11 is 0. The molecule has 2 N–H and O–H groups in total. The van der Waals surface area contributed by atoms with Crippen molar-refractivity contribution in [2.75, 3.05) is 24.2 Å². The molecule has 0 bridgehead atoms. The van der Waals surface area contributed by atoms with E-state index < -0.39 is 4.92 Å². The van der Waals surface area contributed by atoms with Gasteiger partial charge >= 0.3 is 0 Å². The van der Waals surface area contributed by atoms with Gasteiger partial charge in [-0.25, -0.2) is 0 Å². The molecule has 0 aliphatic rings. The molecule has 0 saturated carbocycles. The van der Waals surface area contributed by atoms with E-state index >= 15 is 0 Å². The molecule has 2 rings (SSSR count). The number of nitro groups is 1. The summed E-state index contributed by atoms with van der Waals surface area (Å²) in [6, 6.07) is 4.75. The predicted molar refractivity (Wildman–Crippen MR) is 69.1 cm³/mol. The molecule has 8 nitrogen and oxygen atoms in total. The molecule has 0 fully saturated rings. The Hall–Kier alpha value is -2.64. The van der Waals surface area contributed by atoms with Gasteiger partial charge in [-0.15, -0.1) is 0 Å². The van der Waals surface area contributed by atoms with Crippen LogP contribution in [-0.4, -0.2) is 28.7 Å². The molecule has 0 unspecified atom stereocenters. The zero-order valence-electron chi connectivity index (χ0n) is 10.3. The van der Waals surface area contributed by atoms with Gasteiger partial charge in [0.2, 0.25) is 6.39 Å². The maximum Gasteiger partial charge on any atom is 0.273 e. The minimum Gasteiger partial charge on any atom is -0.388 e. The van der Waals surface area contributed by atoms with Crippen LogP contribution in [0.2, 0.25) is 0 Å². The monoisotopic (exact) mass is 263 g/mol. The van der Waals surface area contributed by atoms with Crippen molar-refractivity contribution in [2.24, 2.45) is 0 Å². The van der Waals surface area contributed by atoms with Gasteiger partial charge in [0, 0.05) is 43.5 Å². The van der Waals surface area contributed by atoms with Gasteiger partial charge in [-0.05, 0) is 6.07 Å². The number of non-ortho nitro benzene ring substituents is 1. The molecule has 2 aromatic rings. The van der Waals surface area contributed by atoms with Gasteiger partial charge in [0.25, 0.3) is 5.69 Å². The normalized spacial score (nSPS) is 10.2. The molecule has 100 valence electrons. The van der Waals surface area contributed by atoms with Crippen molar-refractivity contribution in [2.45, 2.75) is 6.42 Å². The van der Waals surface area contributed by atoms with E-state index in [1.807, 2.05) is 0 Å². The largest absolute Gasteiger partial charge is 0.388 e. The Morgan fingerprint density at radius 3 is 2.79 bits per heavy atom. The highest BCUT2D eigenvalue weighted by Gasteiger charge is 2.09. The van der Waals surface area contributed by atoms with Gasteiger partial charge < -0.3 is 15.2 Å². The Morgan fingerprint density at radius 1 is 1.37 bits per heavy atom. The number of hydrogen-bond acceptors (Lipinski definition) is 7. The number of hydrogen-bond donors (Lipinski definition) is 2. The van der Waals surface area contributed by atoms with Crippen molar-refractivity contribution in [1.29, 1.82) is 0 Å². The third kappa shape index (κ3) is 3.41. The lowest BCUT2D eigenvalue weighted by atomic mass is 10.2. The summed E-state index contributed by atoms with van der Waals surface area (Å²) in [5.41, 5.74) is 1.38. The predicted octanol–water partition coefficient (Wildman–Crippen LogP) is 1.67. The molecule has 1 aromatic carbocycles. The molecule has 1 heterocycles. The van der Waals surface area contributed by atoms with Gasteiger partial charge in [-0.1, -0.05) is 5.16 Å². The van der Waals surface area contributed by atoms with Crippen LogP contribution in [0.4, 0.5) is 17.1 Å². The van der Waals surface area contributed by atoms with Crippen LogP contribution >= 0.6 is 0 Å². The summed E-state index contributed by atoms with van der Waals surface area (Å²) in [6.07, 6.45) is 1.84. The SMILES string of the molecule is CNc1cc(NCCc2ncon2)cc([N+](=O)[O-])c1. The maximum absolute atomic E-state index is 10.8. The van der Waals surface area contributed by atoms with E-state index in [1.165, 1.54) is 18.5 Å². The van der Waals surface area contributed by atoms with Crippen LogP contribution < -0.4 is 10.6 Å². The molecule has 0 aliphatic heterocycles. The van der Waals surface area contributed by atoms with Crippen LogP contribution in [0.5, 0.6) is 0 Å². The van der Waals surface area contributed by atoms with Crippen molar-refractivity contribution in [3.8, 4) is 0 Å². The van der Waals surface area contributed by atoms with Gasteiger partial charge in [-0.2, -0.15) is 4.98 Å². The first-order chi connectivity index (χ1) is 9.19. The number of anilines is 2. The molecule has 8 heteroatoms. The van der Waals surface area contributed by atoms with E-state index in [0.717, 1.165) is 0 Å². The second kappa shape index (κ2) is 5.80. The number of aromatic nitrogens is 2. The average molecular weight is 263 g/mol. The summed E-state index contributed by atoms with van der Waals surface area (Å²) in [4.78, 5) is 14.3. The lowest BCUT2D eigenvalue weighted by molar-refractivity contribution is -0.384. The topological polar surface area (TPSA) is 106 Å². The van der Waals surface area contributed by atoms with E-state index in [4.69, 9.17) is 0 Å². The van der Waals surface area contributed by atoms with Gasteiger partial charge in [0.15, 0.2) is 5.82 Å². The zero-order valence-corrected chi connectivity index (χ0v) is 10.3. The second-order valence-corrected chi connectivity index (χ2v) is 3.80. The van der Waals surface area contributed by atoms with E-state index in [9.17, 15) is 10.1 Å². The first-order valence-corrected chi connectivity index (χ1v) is 5.65. The van der Waals surface area contributed by atoms with Crippen molar-refractivity contribution < 1.29 is 9.45 Å². The van der Waals surface area contributed by atoms with Crippen LogP contribution in [0.3, 0.4) is 0 Å². The number of rotatable bonds is 6. The number of nitrogens with one attached hydrogen (secondary N) is 2. The van der Waals surface area contributed by atoms with E-state index in [2.05, 4.69) is 25.3 Å². The fourth-order valence-corrected chi connectivity index (χ4v) is 1.58. The van der Waals surface area contributed by atoms with Crippen LogP contribution in [0.15, 0.2) is 29.1 Å². The molecule has 1 aromatic heterocycles. The highest BCUT2D eigenvalue weighted by atomic mass is 16.6. The Bertz CT molecular complexity index is 555. The molecule has 0 radical (unpaired) electrons. The summed E-state index contributed by atoms with van der Waals surface area (Å²) in [7, 11) is 1.71. The Balaban J connectivity index is 2.02. The average Bonchev–Trinajstić information content (AvgIpc) is 2.91. The van der Waals surface area contributed by atoms with E-state index in [-0.39, 0.29) is 5.69 Å². The fourth-order valence-electron chi connectivity index (χ4n) is 1.58. The first-order valence-electron chi connectivity index (χ1n) is 5.65. The van der Waals surface area contributed by atoms with E-state index in [1.54, 1.807) is 13.1 Å². The highest BCUT2D eigenvalue weighted by Crippen LogP contribution is 2.23. The van der Waals surface area contributed by atoms with Crippen molar-refractivity contribution >= 4 is 17.1 Å². The molecule has 0 amide bonds. The van der Waals surface area contributed by atoms with Crippen molar-refractivity contribution in [3.05, 3.63) is 40.5 Å². The van der Waals surface area contributed by atoms with Crippen molar-refractivity contribution in [3.63, 3.8) is 0 Å². The molecular formula is C11H13N5O3. The molecular weight excluding hydrogens is 250 g/mol. The third-order valence-corrected chi connectivity index (χ3v) is 2.50. The van der Waals surface area contributed by atoms with Gasteiger partial charge in [-0.3, -0.25) is 10.1 Å². The van der Waals surface area contributed by atoms with Gasteiger partial charge in [0.05, 0.1) is 4.92 Å². The fraction of sp³-hybridized carbons (Fsp3) is 0.273. The Labute approximate surface area is 109 Å². The summed E-state index contributed by atoms with van der Waals surface area (Å²) < 4.78 is 4.62. The van der Waals surface area contributed by atoms with Crippen LogP contribution in [0, 0.1) is 10.1 Å². The maximum atomic E-state index is 10.8. The quantitative estimate of drug-likeness (QED) is 0.603. The minimum atomic E-state index is -0.425. The standard InChI is InChI=1S/C11H13N5O3/c1-12-8-4-9(6-10(5-8)16(17)18)13-3-2-11-14-7-19-15-11/h4-7,12-13H,2-3H2,1H3. The molecule has 0 spiro atoms. The van der Waals surface area contributed by atoms with Crippen molar-refractivity contribution in [1.82, 2.24) is 10.1 Å². The Morgan fingerprint density at radius 2 is 2.16 bits per heavy atom. The summed E-state index contributed by atoms with van der Waals surface area (Å²) in [5, 5.41) is 20.4. The smallest absolute Gasteiger partial charge is 0.273 e. The van der Waals surface area contributed by atoms with Crippen LogP contribution in [0.1, 0.15) is 5.82 Å². The molecule has 0 aliphatic carbocycles. The Kier molecular flexibility index (Phi) is 3.91. The molecule has 0 saturated heterocycles. The number of nitro benzene ring substituents is 1. The zero-order chi connectivity index (χ0) is 13.7. The minimum absolute atomic E-state index is 0.0360. The van der Waals surface area contributed by atoms with Gasteiger partial charge in [0.1, 0.15) is 0 Å². The lowest BCUT2D eigenvalue weighted by Gasteiger charge is -2.07. The first kappa shape index (κ1) is 12.8. The lowest BCUT2D eigenvalue weighted by Crippen LogP contribution is -2.06. The number of benzene rings is 1. The molecule has 19 heavy (non-hydrogen) atoms. The third-order valence-electron chi connectivity index (χ3n) is 2.50. The number of nitrogens with zero attached hydrogens (tertiary/aromatic N) is 3. The van der Waals surface area contributed by atoms with Crippen LogP contribution in [0.25, 0.3) is 0 Å². The summed E-state index contributed by atoms with van der Waals surface area (Å²) in [6.45, 7) is 0.559. The van der Waals surface area contributed by atoms with E-state index in [0.29, 0.717) is 30.2 Å². The van der Waals surface area contributed by atoms with Crippen LogP contribution in [-0.2, 0) is 6.42 Å². The highest BCUT2D eigenvalue weighted by molar-refractivity contribution is 5.63. The molecule has 0 atom stereocenters.